The maximum Gasteiger partial charge on any atom is 0.253 e. The Labute approximate surface area is 169 Å². The Morgan fingerprint density at radius 2 is 1.93 bits per heavy atom. The van der Waals surface area contributed by atoms with Gasteiger partial charge in [-0.3, -0.25) is 4.79 Å². The molecule has 0 aliphatic carbocycles. The lowest BCUT2D eigenvalue weighted by atomic mass is 10.1. The number of thioether (sulfide) groups is 1. The minimum atomic E-state index is -0.299. The topological polar surface area (TPSA) is 59.9 Å². The summed E-state index contributed by atoms with van der Waals surface area (Å²) in [6, 6.07) is 11.1. The lowest BCUT2D eigenvalue weighted by Crippen LogP contribution is -2.26. The molecular weight excluding hydrogens is 384 g/mol. The molecule has 0 spiro atoms. The molecule has 0 radical (unpaired) electrons. The zero-order valence-electron chi connectivity index (χ0n) is 15.8. The van der Waals surface area contributed by atoms with Crippen LogP contribution in [0.25, 0.3) is 0 Å². The zero-order chi connectivity index (χ0) is 19.8. The van der Waals surface area contributed by atoms with Crippen LogP contribution in [0.4, 0.5) is 0 Å². The number of benzene rings is 2. The molecule has 2 rings (SSSR count). The standard InChI is InChI=1S/C20H23ClN2O3S/c1-5-17-18(25-3)11-6-14(19(17)26-4)12-22-23-20(24)13(2)27-16-9-7-15(21)8-10-16/h6-13H,5H2,1-4H3,(H,23,24)/b22-12+. The van der Waals surface area contributed by atoms with E-state index >= 15 is 0 Å². The first kappa shape index (κ1) is 21.1. The monoisotopic (exact) mass is 406 g/mol. The lowest BCUT2D eigenvalue weighted by Gasteiger charge is -2.14. The van der Waals surface area contributed by atoms with E-state index in [1.807, 2.05) is 38.1 Å². The van der Waals surface area contributed by atoms with E-state index in [1.165, 1.54) is 11.8 Å². The van der Waals surface area contributed by atoms with Crippen molar-refractivity contribution in [3.05, 3.63) is 52.5 Å². The van der Waals surface area contributed by atoms with E-state index in [4.69, 9.17) is 21.1 Å². The van der Waals surface area contributed by atoms with Gasteiger partial charge in [0.2, 0.25) is 0 Å². The number of ether oxygens (including phenoxy) is 2. The second-order valence-electron chi connectivity index (χ2n) is 5.67. The molecule has 1 unspecified atom stereocenters. The molecule has 0 aromatic heterocycles. The van der Waals surface area contributed by atoms with Gasteiger partial charge in [-0.25, -0.2) is 5.43 Å². The number of hydrogen-bond acceptors (Lipinski definition) is 5. The van der Waals surface area contributed by atoms with Gasteiger partial charge in [0.05, 0.1) is 25.7 Å². The first-order valence-corrected chi connectivity index (χ1v) is 9.74. The molecule has 2 aromatic carbocycles. The van der Waals surface area contributed by atoms with Gasteiger partial charge in [0.15, 0.2) is 0 Å². The van der Waals surface area contributed by atoms with Crippen molar-refractivity contribution in [1.82, 2.24) is 5.43 Å². The van der Waals surface area contributed by atoms with Gasteiger partial charge in [-0.1, -0.05) is 18.5 Å². The Bertz CT molecular complexity index is 810. The number of nitrogens with one attached hydrogen (secondary N) is 1. The zero-order valence-corrected chi connectivity index (χ0v) is 17.4. The van der Waals surface area contributed by atoms with E-state index in [0.29, 0.717) is 10.8 Å². The molecule has 0 saturated carbocycles. The second kappa shape index (κ2) is 10.2. The molecule has 0 saturated heterocycles. The number of amides is 1. The number of hydrogen-bond donors (Lipinski definition) is 1. The molecule has 2 aromatic rings. The summed E-state index contributed by atoms with van der Waals surface area (Å²) in [6.45, 7) is 3.85. The van der Waals surface area contributed by atoms with Gasteiger partial charge >= 0.3 is 0 Å². The average Bonchev–Trinajstić information content (AvgIpc) is 2.68. The van der Waals surface area contributed by atoms with Gasteiger partial charge in [0.1, 0.15) is 11.5 Å². The fourth-order valence-electron chi connectivity index (χ4n) is 2.52. The summed E-state index contributed by atoms with van der Waals surface area (Å²) < 4.78 is 10.9. The third kappa shape index (κ3) is 5.65. The Morgan fingerprint density at radius 1 is 1.22 bits per heavy atom. The molecule has 27 heavy (non-hydrogen) atoms. The Kier molecular flexibility index (Phi) is 8.00. The summed E-state index contributed by atoms with van der Waals surface area (Å²) in [4.78, 5) is 13.2. The van der Waals surface area contributed by atoms with Gasteiger partial charge < -0.3 is 9.47 Å². The highest BCUT2D eigenvalue weighted by molar-refractivity contribution is 8.00. The maximum atomic E-state index is 12.3. The highest BCUT2D eigenvalue weighted by atomic mass is 35.5. The fraction of sp³-hybridized carbons (Fsp3) is 0.300. The van der Waals surface area contributed by atoms with Gasteiger partial charge in [-0.05, 0) is 49.7 Å². The SMILES string of the molecule is CCc1c(OC)ccc(/C=N/NC(=O)C(C)Sc2ccc(Cl)cc2)c1OC. The average molecular weight is 407 g/mol. The van der Waals surface area contributed by atoms with E-state index in [0.717, 1.165) is 28.2 Å². The Balaban J connectivity index is 2.03. The van der Waals surface area contributed by atoms with Crippen molar-refractivity contribution < 1.29 is 14.3 Å². The first-order valence-electron chi connectivity index (χ1n) is 8.49. The molecule has 1 amide bonds. The Hall–Kier alpha value is -2.18. The quantitative estimate of drug-likeness (QED) is 0.397. The van der Waals surface area contributed by atoms with Crippen LogP contribution in [-0.2, 0) is 11.2 Å². The van der Waals surface area contributed by atoms with Crippen LogP contribution in [0, 0.1) is 0 Å². The second-order valence-corrected chi connectivity index (χ2v) is 7.52. The van der Waals surface area contributed by atoms with Crippen LogP contribution in [0.5, 0.6) is 11.5 Å². The van der Waals surface area contributed by atoms with E-state index in [-0.39, 0.29) is 11.2 Å². The summed E-state index contributed by atoms with van der Waals surface area (Å²) in [5.74, 6) is 1.27. The minimum absolute atomic E-state index is 0.186. The van der Waals surface area contributed by atoms with Crippen LogP contribution < -0.4 is 14.9 Å². The van der Waals surface area contributed by atoms with Crippen molar-refractivity contribution >= 4 is 35.5 Å². The van der Waals surface area contributed by atoms with E-state index < -0.39 is 0 Å². The predicted octanol–water partition coefficient (Wildman–Crippen LogP) is 4.55. The highest BCUT2D eigenvalue weighted by Gasteiger charge is 2.15. The van der Waals surface area contributed by atoms with Crippen molar-refractivity contribution in [2.24, 2.45) is 5.10 Å². The molecule has 1 atom stereocenters. The van der Waals surface area contributed by atoms with Crippen LogP contribution in [0.1, 0.15) is 25.0 Å². The third-order valence-corrected chi connectivity index (χ3v) is 5.26. The molecule has 0 aliphatic heterocycles. The van der Waals surface area contributed by atoms with Crippen molar-refractivity contribution in [1.29, 1.82) is 0 Å². The lowest BCUT2D eigenvalue weighted by molar-refractivity contribution is -0.120. The molecule has 0 aliphatic rings. The first-order chi connectivity index (χ1) is 13.0. The maximum absolute atomic E-state index is 12.3. The molecule has 0 bridgehead atoms. The molecule has 7 heteroatoms. The Morgan fingerprint density at radius 3 is 2.52 bits per heavy atom. The van der Waals surface area contributed by atoms with E-state index in [9.17, 15) is 4.79 Å². The molecule has 0 heterocycles. The van der Waals surface area contributed by atoms with Gasteiger partial charge in [-0.2, -0.15) is 5.10 Å². The molecule has 144 valence electrons. The number of carbonyl (C=O) groups is 1. The van der Waals surface area contributed by atoms with Crippen LogP contribution in [0.3, 0.4) is 0 Å². The molecule has 1 N–H and O–H groups in total. The number of halogens is 1. The van der Waals surface area contributed by atoms with Crippen molar-refractivity contribution in [2.75, 3.05) is 14.2 Å². The predicted molar refractivity (Wildman–Crippen MR) is 111 cm³/mol. The van der Waals surface area contributed by atoms with Crippen LogP contribution >= 0.6 is 23.4 Å². The number of nitrogens with zero attached hydrogens (tertiary/aromatic N) is 1. The summed E-state index contributed by atoms with van der Waals surface area (Å²) in [5.41, 5.74) is 4.31. The third-order valence-electron chi connectivity index (χ3n) is 3.90. The van der Waals surface area contributed by atoms with Gasteiger partial charge in [-0.15, -0.1) is 11.8 Å². The summed E-state index contributed by atoms with van der Waals surface area (Å²) >= 11 is 7.32. The number of hydrazone groups is 1. The van der Waals surface area contributed by atoms with Crippen LogP contribution in [0.2, 0.25) is 5.02 Å². The van der Waals surface area contributed by atoms with Crippen LogP contribution in [0.15, 0.2) is 46.4 Å². The van der Waals surface area contributed by atoms with Gasteiger partial charge in [0.25, 0.3) is 5.91 Å². The smallest absolute Gasteiger partial charge is 0.253 e. The largest absolute Gasteiger partial charge is 0.496 e. The molecule has 5 nitrogen and oxygen atoms in total. The van der Waals surface area contributed by atoms with Crippen molar-refractivity contribution in [3.8, 4) is 11.5 Å². The van der Waals surface area contributed by atoms with Crippen molar-refractivity contribution in [3.63, 3.8) is 0 Å². The normalized spacial score (nSPS) is 12.0. The molecule has 0 fully saturated rings. The number of rotatable bonds is 8. The summed E-state index contributed by atoms with van der Waals surface area (Å²) in [7, 11) is 3.23. The fourth-order valence-corrected chi connectivity index (χ4v) is 3.51. The summed E-state index contributed by atoms with van der Waals surface area (Å²) in [6.07, 6.45) is 2.34. The molecular formula is C20H23ClN2O3S. The number of carbonyl (C=O) groups excluding carboxylic acids is 1. The van der Waals surface area contributed by atoms with Gasteiger partial charge in [0, 0.05) is 21.0 Å². The number of methoxy groups -OCH3 is 2. The van der Waals surface area contributed by atoms with Crippen molar-refractivity contribution in [2.45, 2.75) is 30.4 Å². The van der Waals surface area contributed by atoms with Crippen LogP contribution in [-0.4, -0.2) is 31.6 Å². The highest BCUT2D eigenvalue weighted by Crippen LogP contribution is 2.31. The summed E-state index contributed by atoms with van der Waals surface area (Å²) in [5, 5.41) is 4.45. The van der Waals surface area contributed by atoms with E-state index in [2.05, 4.69) is 10.5 Å². The van der Waals surface area contributed by atoms with E-state index in [1.54, 1.807) is 32.6 Å². The minimum Gasteiger partial charge on any atom is -0.496 e.